The average molecular weight is 319 g/mol. The number of rotatable bonds is 5. The van der Waals surface area contributed by atoms with Crippen molar-refractivity contribution in [1.82, 2.24) is 4.90 Å². The summed E-state index contributed by atoms with van der Waals surface area (Å²) < 4.78 is 11.0. The van der Waals surface area contributed by atoms with Gasteiger partial charge in [0.05, 0.1) is 0 Å². The molecule has 0 unspecified atom stereocenters. The largest absolute Gasteiger partial charge is 0.490 e. The fourth-order valence-corrected chi connectivity index (χ4v) is 1.92. The van der Waals surface area contributed by atoms with Gasteiger partial charge in [0.15, 0.2) is 0 Å². The van der Waals surface area contributed by atoms with Gasteiger partial charge < -0.3 is 9.47 Å². The topological polar surface area (TPSA) is 38.8 Å². The van der Waals surface area contributed by atoms with Gasteiger partial charge in [-0.1, -0.05) is 24.8 Å². The highest BCUT2D eigenvalue weighted by Gasteiger charge is 2.30. The Morgan fingerprint density at radius 3 is 2.13 bits per heavy atom. The molecule has 0 aliphatic heterocycles. The maximum Gasteiger partial charge on any atom is 0.411 e. The van der Waals surface area contributed by atoms with Gasteiger partial charge >= 0.3 is 6.09 Å². The molecule has 0 N–H and O–H groups in total. The highest BCUT2D eigenvalue weighted by Crippen LogP contribution is 2.22. The van der Waals surface area contributed by atoms with E-state index in [2.05, 4.69) is 6.58 Å². The lowest BCUT2D eigenvalue weighted by molar-refractivity contribution is 0.00372. The van der Waals surface area contributed by atoms with Crippen LogP contribution in [0.4, 0.5) is 4.79 Å². The normalized spacial score (nSPS) is 11.7. The second-order valence-corrected chi connectivity index (χ2v) is 7.48. The molecular weight excluding hydrogens is 290 g/mol. The smallest absolute Gasteiger partial charge is 0.411 e. The van der Waals surface area contributed by atoms with Crippen molar-refractivity contribution in [1.29, 1.82) is 0 Å². The zero-order valence-electron chi connectivity index (χ0n) is 15.2. The minimum Gasteiger partial charge on any atom is -0.490 e. The Hall–Kier alpha value is -1.97. The summed E-state index contributed by atoms with van der Waals surface area (Å²) in [6, 6.07) is 7.71. The molecule has 128 valence electrons. The van der Waals surface area contributed by atoms with Crippen LogP contribution < -0.4 is 4.74 Å². The number of hydrogen-bond donors (Lipinski definition) is 0. The highest BCUT2D eigenvalue weighted by molar-refractivity contribution is 5.69. The molecule has 0 spiro atoms. The van der Waals surface area contributed by atoms with E-state index in [4.69, 9.17) is 9.47 Å². The molecule has 4 heteroatoms. The predicted molar refractivity (Wildman–Crippen MR) is 93.7 cm³/mol. The summed E-state index contributed by atoms with van der Waals surface area (Å²) in [5.74, 6) is 0.785. The summed E-state index contributed by atoms with van der Waals surface area (Å²) in [7, 11) is 0. The van der Waals surface area contributed by atoms with Crippen LogP contribution in [0.3, 0.4) is 0 Å². The van der Waals surface area contributed by atoms with Crippen LogP contribution in [0.1, 0.15) is 47.1 Å². The highest BCUT2D eigenvalue weighted by atomic mass is 16.6. The average Bonchev–Trinajstić information content (AvgIpc) is 2.40. The van der Waals surface area contributed by atoms with E-state index in [0.717, 1.165) is 11.3 Å². The summed E-state index contributed by atoms with van der Waals surface area (Å²) in [6.45, 7) is 16.2. The Morgan fingerprint density at radius 1 is 1.13 bits per heavy atom. The van der Waals surface area contributed by atoms with Gasteiger partial charge in [0, 0.05) is 12.1 Å². The number of carbonyl (C=O) groups is 1. The van der Waals surface area contributed by atoms with Crippen LogP contribution in [0.25, 0.3) is 0 Å². The quantitative estimate of drug-likeness (QED) is 0.733. The SMILES string of the molecule is C=CCOc1ccc(CN(C(=O)OC(C)(C)C)C(C)(C)C)cc1. The summed E-state index contributed by atoms with van der Waals surface area (Å²) in [4.78, 5) is 14.2. The number of nitrogens with zero attached hydrogens (tertiary/aromatic N) is 1. The van der Waals surface area contributed by atoms with E-state index in [1.807, 2.05) is 65.8 Å². The Labute approximate surface area is 140 Å². The van der Waals surface area contributed by atoms with Gasteiger partial charge in [-0.15, -0.1) is 0 Å². The van der Waals surface area contributed by atoms with Crippen molar-refractivity contribution in [2.75, 3.05) is 6.61 Å². The van der Waals surface area contributed by atoms with Gasteiger partial charge in [-0.2, -0.15) is 0 Å². The minimum absolute atomic E-state index is 0.308. The number of hydrogen-bond acceptors (Lipinski definition) is 3. The van der Waals surface area contributed by atoms with Gasteiger partial charge in [-0.05, 0) is 59.2 Å². The third-order valence-corrected chi connectivity index (χ3v) is 3.06. The van der Waals surface area contributed by atoms with Crippen LogP contribution in [-0.2, 0) is 11.3 Å². The van der Waals surface area contributed by atoms with Crippen molar-refractivity contribution in [2.24, 2.45) is 0 Å². The van der Waals surface area contributed by atoms with Gasteiger partial charge in [0.1, 0.15) is 18.0 Å². The number of amides is 1. The van der Waals surface area contributed by atoms with Crippen molar-refractivity contribution in [2.45, 2.75) is 59.2 Å². The maximum atomic E-state index is 12.5. The first kappa shape index (κ1) is 19.1. The molecule has 0 heterocycles. The van der Waals surface area contributed by atoms with Crippen molar-refractivity contribution < 1.29 is 14.3 Å². The van der Waals surface area contributed by atoms with E-state index < -0.39 is 5.60 Å². The summed E-state index contributed by atoms with van der Waals surface area (Å²) in [6.07, 6.45) is 1.40. The molecular formula is C19H29NO3. The van der Waals surface area contributed by atoms with Crippen LogP contribution >= 0.6 is 0 Å². The number of ether oxygens (including phenoxy) is 2. The fraction of sp³-hybridized carbons (Fsp3) is 0.526. The molecule has 0 atom stereocenters. The lowest BCUT2D eigenvalue weighted by Crippen LogP contribution is -2.47. The van der Waals surface area contributed by atoms with Crippen LogP contribution in [0.15, 0.2) is 36.9 Å². The zero-order valence-corrected chi connectivity index (χ0v) is 15.2. The second kappa shape index (κ2) is 7.53. The Balaban J connectivity index is 2.85. The Kier molecular flexibility index (Phi) is 6.25. The predicted octanol–water partition coefficient (Wildman–Crippen LogP) is 4.79. The molecule has 0 aliphatic carbocycles. The lowest BCUT2D eigenvalue weighted by atomic mass is 10.1. The second-order valence-electron chi connectivity index (χ2n) is 7.48. The molecule has 0 saturated carbocycles. The van der Waals surface area contributed by atoms with Gasteiger partial charge in [-0.3, -0.25) is 4.90 Å². The molecule has 1 aromatic rings. The third-order valence-electron chi connectivity index (χ3n) is 3.06. The molecule has 0 aliphatic rings. The van der Waals surface area contributed by atoms with Gasteiger partial charge in [-0.25, -0.2) is 4.79 Å². The van der Waals surface area contributed by atoms with Crippen molar-refractivity contribution in [3.63, 3.8) is 0 Å². The Morgan fingerprint density at radius 2 is 1.70 bits per heavy atom. The van der Waals surface area contributed by atoms with Crippen molar-refractivity contribution in [3.8, 4) is 5.75 Å². The van der Waals surface area contributed by atoms with Crippen LogP contribution in [0, 0.1) is 0 Å². The fourth-order valence-electron chi connectivity index (χ4n) is 1.92. The van der Waals surface area contributed by atoms with Gasteiger partial charge in [0.25, 0.3) is 0 Å². The monoisotopic (exact) mass is 319 g/mol. The van der Waals surface area contributed by atoms with Gasteiger partial charge in [0.2, 0.25) is 0 Å². The number of benzene rings is 1. The van der Waals surface area contributed by atoms with E-state index in [1.165, 1.54) is 0 Å². The standard InChI is InChI=1S/C19H29NO3/c1-8-13-22-16-11-9-15(10-12-16)14-20(18(2,3)4)17(21)23-19(5,6)7/h8-12H,1,13-14H2,2-7H3. The summed E-state index contributed by atoms with van der Waals surface area (Å²) >= 11 is 0. The first-order valence-electron chi connectivity index (χ1n) is 7.86. The van der Waals surface area contributed by atoms with E-state index in [-0.39, 0.29) is 11.6 Å². The van der Waals surface area contributed by atoms with E-state index in [0.29, 0.717) is 13.2 Å². The minimum atomic E-state index is -0.511. The molecule has 0 bridgehead atoms. The summed E-state index contributed by atoms with van der Waals surface area (Å²) in [5, 5.41) is 0. The first-order chi connectivity index (χ1) is 10.5. The maximum absolute atomic E-state index is 12.5. The van der Waals surface area contributed by atoms with E-state index >= 15 is 0 Å². The van der Waals surface area contributed by atoms with Crippen molar-refractivity contribution >= 4 is 6.09 Å². The summed E-state index contributed by atoms with van der Waals surface area (Å²) in [5.41, 5.74) is 0.181. The molecule has 1 amide bonds. The third kappa shape index (κ3) is 6.76. The van der Waals surface area contributed by atoms with Crippen LogP contribution in [0.2, 0.25) is 0 Å². The van der Waals surface area contributed by atoms with E-state index in [9.17, 15) is 4.79 Å². The first-order valence-corrected chi connectivity index (χ1v) is 7.86. The molecule has 1 rings (SSSR count). The molecule has 4 nitrogen and oxygen atoms in total. The number of carbonyl (C=O) groups excluding carboxylic acids is 1. The van der Waals surface area contributed by atoms with Crippen molar-refractivity contribution in [3.05, 3.63) is 42.5 Å². The molecule has 0 aromatic heterocycles. The molecule has 0 saturated heterocycles. The lowest BCUT2D eigenvalue weighted by Gasteiger charge is -2.37. The molecule has 0 radical (unpaired) electrons. The van der Waals surface area contributed by atoms with Crippen LogP contribution in [0.5, 0.6) is 5.75 Å². The van der Waals surface area contributed by atoms with E-state index in [1.54, 1.807) is 11.0 Å². The van der Waals surface area contributed by atoms with Crippen LogP contribution in [-0.4, -0.2) is 28.7 Å². The molecule has 1 aromatic carbocycles. The molecule has 0 fully saturated rings. The zero-order chi connectivity index (χ0) is 17.7. The Bertz CT molecular complexity index is 521. The molecule has 23 heavy (non-hydrogen) atoms.